The van der Waals surface area contributed by atoms with Crippen molar-refractivity contribution < 1.29 is 27.4 Å². The highest BCUT2D eigenvalue weighted by Gasteiger charge is 2.54. The molecular weight excluding hydrogens is 351 g/mol. The Balaban J connectivity index is 1.54. The topological polar surface area (TPSA) is 95.9 Å². The maximum Gasteiger partial charge on any atom is 0.304 e. The normalized spacial score (nSPS) is 47.4. The van der Waals surface area contributed by atoms with Crippen molar-refractivity contribution in [2.24, 2.45) is 17.8 Å². The number of aliphatic hydroxyl groups excluding tert-OH is 1. The van der Waals surface area contributed by atoms with Crippen LogP contribution < -0.4 is 4.72 Å². The Morgan fingerprint density at radius 3 is 2.60 bits per heavy atom. The number of amides is 1. The summed E-state index contributed by atoms with van der Waals surface area (Å²) < 4.78 is 48.0. The van der Waals surface area contributed by atoms with Gasteiger partial charge in [0.1, 0.15) is 6.17 Å². The molecule has 142 valence electrons. The van der Waals surface area contributed by atoms with E-state index in [1.54, 1.807) is 0 Å². The maximum atomic E-state index is 15.4. The Labute approximate surface area is 147 Å². The molecule has 9 heteroatoms. The molecule has 0 aromatic heterocycles. The van der Waals surface area contributed by atoms with Gasteiger partial charge in [0.05, 0.1) is 24.8 Å². The second-order valence-corrected chi connectivity index (χ2v) is 9.49. The number of ether oxygens (including phenoxy) is 1. The highest BCUT2D eigenvalue weighted by atomic mass is 32.2. The molecule has 0 aromatic rings. The van der Waals surface area contributed by atoms with Gasteiger partial charge in [0.25, 0.3) is 0 Å². The number of carbonyl (C=O) groups excluding carboxylic acids is 1. The molecule has 0 radical (unpaired) electrons. The minimum absolute atomic E-state index is 0.0628. The van der Waals surface area contributed by atoms with Crippen LogP contribution in [0.1, 0.15) is 38.5 Å². The molecule has 0 aromatic carbocycles. The summed E-state index contributed by atoms with van der Waals surface area (Å²) >= 11 is 0. The summed E-state index contributed by atoms with van der Waals surface area (Å²) in [6.07, 6.45) is 2.51. The highest BCUT2D eigenvalue weighted by Crippen LogP contribution is 2.47. The number of halogens is 1. The van der Waals surface area contributed by atoms with Crippen LogP contribution in [0.25, 0.3) is 0 Å². The number of hydrogen-bond acceptors (Lipinski definition) is 5. The zero-order chi connectivity index (χ0) is 17.8. The summed E-state index contributed by atoms with van der Waals surface area (Å²) in [5, 5.41) is 10.4. The molecule has 1 amide bonds. The van der Waals surface area contributed by atoms with Crippen molar-refractivity contribution >= 4 is 16.1 Å². The van der Waals surface area contributed by atoms with Gasteiger partial charge in [-0.05, 0) is 56.3 Å². The fraction of sp³-hybridized carbons (Fsp3) is 0.938. The Morgan fingerprint density at radius 1 is 1.20 bits per heavy atom. The molecule has 2 saturated carbocycles. The molecule has 7 unspecified atom stereocenters. The number of fused-ring (bicyclic) bond motifs is 1. The van der Waals surface area contributed by atoms with Crippen LogP contribution in [0, 0.1) is 17.8 Å². The van der Waals surface area contributed by atoms with E-state index in [0.717, 1.165) is 36.6 Å². The van der Waals surface area contributed by atoms with E-state index in [1.165, 1.54) is 0 Å². The third kappa shape index (κ3) is 3.09. The molecule has 2 saturated heterocycles. The SMILES string of the molecule is O=C1CN(C2C(O)CC3CCC(C4CCCO4)CC3C2F)S(=O)(=O)N1. The van der Waals surface area contributed by atoms with E-state index in [4.69, 9.17) is 4.74 Å². The van der Waals surface area contributed by atoms with Gasteiger partial charge in [0, 0.05) is 6.61 Å². The molecule has 2 heterocycles. The second-order valence-electron chi connectivity index (χ2n) is 7.86. The fourth-order valence-corrected chi connectivity index (χ4v) is 6.62. The minimum Gasteiger partial charge on any atom is -0.391 e. The monoisotopic (exact) mass is 376 g/mol. The largest absolute Gasteiger partial charge is 0.391 e. The van der Waals surface area contributed by atoms with Crippen molar-refractivity contribution in [3.63, 3.8) is 0 Å². The second kappa shape index (κ2) is 6.44. The third-order valence-corrected chi connectivity index (χ3v) is 7.91. The van der Waals surface area contributed by atoms with E-state index in [2.05, 4.69) is 0 Å². The lowest BCUT2D eigenvalue weighted by atomic mass is 9.63. The zero-order valence-corrected chi connectivity index (χ0v) is 14.8. The minimum atomic E-state index is -4.06. The number of rotatable bonds is 2. The van der Waals surface area contributed by atoms with Gasteiger partial charge in [0.15, 0.2) is 0 Å². The molecule has 4 rings (SSSR count). The Hall–Kier alpha value is -0.770. The van der Waals surface area contributed by atoms with E-state index < -0.39 is 41.0 Å². The number of nitrogens with zero attached hydrogens (tertiary/aromatic N) is 1. The van der Waals surface area contributed by atoms with Crippen molar-refractivity contribution in [3.05, 3.63) is 0 Å². The van der Waals surface area contributed by atoms with Crippen molar-refractivity contribution in [1.29, 1.82) is 0 Å². The molecular formula is C16H25FN2O5S. The van der Waals surface area contributed by atoms with Crippen molar-refractivity contribution in [2.45, 2.75) is 62.9 Å². The molecule has 7 atom stereocenters. The van der Waals surface area contributed by atoms with Crippen molar-refractivity contribution in [2.75, 3.05) is 13.2 Å². The van der Waals surface area contributed by atoms with Crippen LogP contribution in [0.15, 0.2) is 0 Å². The fourth-order valence-electron chi connectivity index (χ4n) is 5.29. The smallest absolute Gasteiger partial charge is 0.304 e. The van der Waals surface area contributed by atoms with Gasteiger partial charge >= 0.3 is 10.2 Å². The van der Waals surface area contributed by atoms with E-state index in [1.807, 2.05) is 4.72 Å². The van der Waals surface area contributed by atoms with Crippen LogP contribution in [0.4, 0.5) is 4.39 Å². The van der Waals surface area contributed by atoms with Gasteiger partial charge in [-0.3, -0.25) is 4.79 Å². The number of alkyl halides is 1. The number of carbonyl (C=O) groups is 1. The quantitative estimate of drug-likeness (QED) is 0.725. The van der Waals surface area contributed by atoms with E-state index in [0.29, 0.717) is 18.8 Å². The Kier molecular flexibility index (Phi) is 4.54. The predicted molar refractivity (Wildman–Crippen MR) is 86.4 cm³/mol. The number of aliphatic hydroxyl groups is 1. The molecule has 7 nitrogen and oxygen atoms in total. The first-order chi connectivity index (χ1) is 11.9. The summed E-state index contributed by atoms with van der Waals surface area (Å²) in [6.45, 7) is 0.340. The molecule has 0 spiro atoms. The average Bonchev–Trinajstić information content (AvgIpc) is 3.15. The Bertz CT molecular complexity index is 638. The van der Waals surface area contributed by atoms with Crippen LogP contribution in [0.5, 0.6) is 0 Å². The lowest BCUT2D eigenvalue weighted by Gasteiger charge is -2.48. The standard InChI is InChI=1S/C16H25FN2O5S/c17-15-11-6-10(13-2-1-5-24-13)4-3-9(11)7-12(20)16(15)19-8-14(21)18-25(19,22)23/h9-13,15-16,20H,1-8H2,(H,18,21). The molecule has 25 heavy (non-hydrogen) atoms. The highest BCUT2D eigenvalue weighted by molar-refractivity contribution is 7.88. The molecule has 0 bridgehead atoms. The number of nitrogens with one attached hydrogen (secondary N) is 1. The maximum absolute atomic E-state index is 15.4. The van der Waals surface area contributed by atoms with Crippen LogP contribution >= 0.6 is 0 Å². The van der Waals surface area contributed by atoms with Crippen molar-refractivity contribution in [1.82, 2.24) is 9.03 Å². The van der Waals surface area contributed by atoms with Crippen LogP contribution in [0.3, 0.4) is 0 Å². The Morgan fingerprint density at radius 2 is 1.96 bits per heavy atom. The van der Waals surface area contributed by atoms with Gasteiger partial charge in [0.2, 0.25) is 5.91 Å². The first-order valence-electron chi connectivity index (χ1n) is 9.13. The summed E-state index contributed by atoms with van der Waals surface area (Å²) in [5.74, 6) is -0.606. The summed E-state index contributed by atoms with van der Waals surface area (Å²) in [6, 6.07) is -1.19. The molecule has 4 fully saturated rings. The summed E-state index contributed by atoms with van der Waals surface area (Å²) in [7, 11) is -4.06. The zero-order valence-electron chi connectivity index (χ0n) is 14.0. The molecule has 4 aliphatic rings. The average molecular weight is 376 g/mol. The lowest BCUT2D eigenvalue weighted by Crippen LogP contribution is -2.59. The van der Waals surface area contributed by atoms with E-state index in [-0.39, 0.29) is 17.9 Å². The van der Waals surface area contributed by atoms with Gasteiger partial charge in [-0.2, -0.15) is 12.7 Å². The summed E-state index contributed by atoms with van der Waals surface area (Å²) in [5.41, 5.74) is 0. The molecule has 2 aliphatic heterocycles. The molecule has 2 N–H and O–H groups in total. The first kappa shape index (κ1) is 17.6. The van der Waals surface area contributed by atoms with Gasteiger partial charge < -0.3 is 9.84 Å². The van der Waals surface area contributed by atoms with E-state index in [9.17, 15) is 18.3 Å². The van der Waals surface area contributed by atoms with Gasteiger partial charge in [-0.25, -0.2) is 9.11 Å². The van der Waals surface area contributed by atoms with Crippen LogP contribution in [0.2, 0.25) is 0 Å². The predicted octanol–water partition coefficient (Wildman–Crippen LogP) is 0.346. The number of hydrogen-bond donors (Lipinski definition) is 2. The van der Waals surface area contributed by atoms with Crippen molar-refractivity contribution in [3.8, 4) is 0 Å². The van der Waals surface area contributed by atoms with Gasteiger partial charge in [-0.15, -0.1) is 0 Å². The van der Waals surface area contributed by atoms with Crippen LogP contribution in [-0.2, 0) is 19.7 Å². The molecule has 2 aliphatic carbocycles. The lowest BCUT2D eigenvalue weighted by molar-refractivity contribution is -0.120. The third-order valence-electron chi connectivity index (χ3n) is 6.44. The van der Waals surface area contributed by atoms with E-state index >= 15 is 4.39 Å². The van der Waals surface area contributed by atoms with Crippen LogP contribution in [-0.4, -0.2) is 61.3 Å². The summed E-state index contributed by atoms with van der Waals surface area (Å²) in [4.78, 5) is 11.5. The van der Waals surface area contributed by atoms with Gasteiger partial charge in [-0.1, -0.05) is 0 Å². The first-order valence-corrected chi connectivity index (χ1v) is 10.6.